The summed E-state index contributed by atoms with van der Waals surface area (Å²) in [7, 11) is 0. The van der Waals surface area contributed by atoms with Crippen molar-refractivity contribution in [2.45, 2.75) is 65.2 Å². The summed E-state index contributed by atoms with van der Waals surface area (Å²) in [4.78, 5) is 13.2. The summed E-state index contributed by atoms with van der Waals surface area (Å²) in [6, 6.07) is 15.1. The molecule has 0 aliphatic carbocycles. The number of alkyl halides is 3. The molecule has 0 saturated heterocycles. The predicted octanol–water partition coefficient (Wildman–Crippen LogP) is 5.71. The zero-order valence-electron chi connectivity index (χ0n) is 20.3. The number of nitrogens with zero attached hydrogens (tertiary/aromatic N) is 5. The van der Waals surface area contributed by atoms with E-state index in [2.05, 4.69) is 20.6 Å². The lowest BCUT2D eigenvalue weighted by atomic mass is 9.98. The summed E-state index contributed by atoms with van der Waals surface area (Å²) >= 11 is 0. The standard InChI is InChI=1S/C26H29F3N6O/c1-3-5-8-16-34-23(26(27,28)29)22(9-4-2)35(25(34)36)17-18-12-14-19(15-13-18)20-10-6-7-11-21(20)24-30-32-33-31-24/h6-7,10-15H,3-5,8-9,16-17H2,1-2H3,(H,30,31,32,33). The molecule has 4 aromatic rings. The Hall–Kier alpha value is -3.69. The Bertz CT molecular complexity index is 1340. The zero-order valence-corrected chi connectivity index (χ0v) is 20.3. The summed E-state index contributed by atoms with van der Waals surface area (Å²) in [6.45, 7) is 3.94. The van der Waals surface area contributed by atoms with Gasteiger partial charge in [-0.1, -0.05) is 81.6 Å². The van der Waals surface area contributed by atoms with Crippen LogP contribution >= 0.6 is 0 Å². The maximum absolute atomic E-state index is 14.1. The summed E-state index contributed by atoms with van der Waals surface area (Å²) in [5.41, 5.74) is 2.03. The first-order valence-electron chi connectivity index (χ1n) is 12.2. The fraction of sp³-hybridized carbons (Fsp3) is 0.385. The third kappa shape index (κ3) is 5.27. The highest BCUT2D eigenvalue weighted by atomic mass is 19.4. The van der Waals surface area contributed by atoms with Gasteiger partial charge in [-0.25, -0.2) is 9.89 Å². The number of tetrazole rings is 1. The van der Waals surface area contributed by atoms with Gasteiger partial charge in [0.1, 0.15) is 5.69 Å². The Morgan fingerprint density at radius 2 is 1.64 bits per heavy atom. The second-order valence-corrected chi connectivity index (χ2v) is 8.76. The van der Waals surface area contributed by atoms with Crippen molar-refractivity contribution in [1.82, 2.24) is 29.8 Å². The maximum atomic E-state index is 14.1. The number of H-pyrrole nitrogens is 1. The van der Waals surface area contributed by atoms with E-state index in [1.807, 2.05) is 62.4 Å². The van der Waals surface area contributed by atoms with Crippen LogP contribution in [0.4, 0.5) is 13.2 Å². The quantitative estimate of drug-likeness (QED) is 0.284. The van der Waals surface area contributed by atoms with Crippen LogP contribution in [0.5, 0.6) is 0 Å². The molecule has 0 spiro atoms. The lowest BCUT2D eigenvalue weighted by molar-refractivity contribution is -0.144. The van der Waals surface area contributed by atoms with E-state index in [4.69, 9.17) is 0 Å². The average molecular weight is 499 g/mol. The van der Waals surface area contributed by atoms with Crippen LogP contribution in [0.2, 0.25) is 0 Å². The van der Waals surface area contributed by atoms with Crippen LogP contribution in [-0.4, -0.2) is 29.8 Å². The predicted molar refractivity (Wildman–Crippen MR) is 131 cm³/mol. The average Bonchev–Trinajstić information content (AvgIpc) is 3.48. The van der Waals surface area contributed by atoms with Crippen LogP contribution in [0.25, 0.3) is 22.5 Å². The van der Waals surface area contributed by atoms with Crippen molar-refractivity contribution in [2.24, 2.45) is 0 Å². The Morgan fingerprint density at radius 3 is 2.25 bits per heavy atom. The van der Waals surface area contributed by atoms with Crippen molar-refractivity contribution in [1.29, 1.82) is 0 Å². The molecule has 190 valence electrons. The minimum atomic E-state index is -4.59. The van der Waals surface area contributed by atoms with Gasteiger partial charge in [-0.15, -0.1) is 5.10 Å². The summed E-state index contributed by atoms with van der Waals surface area (Å²) in [6.07, 6.45) is -1.74. The molecular weight excluding hydrogens is 469 g/mol. The number of rotatable bonds is 10. The van der Waals surface area contributed by atoms with Crippen LogP contribution in [-0.2, 0) is 25.7 Å². The van der Waals surface area contributed by atoms with E-state index < -0.39 is 17.6 Å². The molecule has 0 fully saturated rings. The van der Waals surface area contributed by atoms with Gasteiger partial charge in [-0.3, -0.25) is 9.13 Å². The van der Waals surface area contributed by atoms with Gasteiger partial charge in [0.05, 0.1) is 12.2 Å². The van der Waals surface area contributed by atoms with Crippen molar-refractivity contribution in [2.75, 3.05) is 0 Å². The Morgan fingerprint density at radius 1 is 0.917 bits per heavy atom. The van der Waals surface area contributed by atoms with Crippen LogP contribution in [0, 0.1) is 0 Å². The van der Waals surface area contributed by atoms with Gasteiger partial charge in [0.25, 0.3) is 0 Å². The minimum absolute atomic E-state index is 0.0544. The molecule has 2 heterocycles. The van der Waals surface area contributed by atoms with E-state index in [0.29, 0.717) is 18.7 Å². The first-order chi connectivity index (χ1) is 17.3. The third-order valence-electron chi connectivity index (χ3n) is 6.20. The van der Waals surface area contributed by atoms with Gasteiger partial charge >= 0.3 is 11.9 Å². The van der Waals surface area contributed by atoms with E-state index in [1.54, 1.807) is 0 Å². The third-order valence-corrected chi connectivity index (χ3v) is 6.20. The molecule has 1 N–H and O–H groups in total. The van der Waals surface area contributed by atoms with Gasteiger partial charge in [0, 0.05) is 12.1 Å². The van der Waals surface area contributed by atoms with E-state index in [9.17, 15) is 18.0 Å². The minimum Gasteiger partial charge on any atom is -0.291 e. The molecule has 0 radical (unpaired) electrons. The number of benzene rings is 2. The highest BCUT2D eigenvalue weighted by Crippen LogP contribution is 2.33. The van der Waals surface area contributed by atoms with E-state index in [0.717, 1.165) is 39.7 Å². The van der Waals surface area contributed by atoms with Crippen LogP contribution in [0.1, 0.15) is 56.5 Å². The molecule has 36 heavy (non-hydrogen) atoms. The highest BCUT2D eigenvalue weighted by Gasteiger charge is 2.40. The molecule has 0 saturated carbocycles. The zero-order chi connectivity index (χ0) is 25.7. The lowest BCUT2D eigenvalue weighted by Crippen LogP contribution is -2.27. The van der Waals surface area contributed by atoms with Gasteiger partial charge in [0.15, 0.2) is 5.82 Å². The molecule has 0 aliphatic heterocycles. The molecule has 2 aromatic heterocycles. The monoisotopic (exact) mass is 498 g/mol. The first kappa shape index (κ1) is 25.4. The molecule has 0 bridgehead atoms. The topological polar surface area (TPSA) is 81.4 Å². The fourth-order valence-corrected chi connectivity index (χ4v) is 4.52. The smallest absolute Gasteiger partial charge is 0.291 e. The van der Waals surface area contributed by atoms with E-state index in [1.165, 1.54) is 4.57 Å². The molecule has 10 heteroatoms. The SMILES string of the molecule is CCCCCn1c(C(F)(F)F)c(CCC)n(Cc2ccc(-c3ccccc3-c3nnn[nH]3)cc2)c1=O. The molecule has 0 aliphatic rings. The summed E-state index contributed by atoms with van der Waals surface area (Å²) in [5.74, 6) is 0.537. The molecule has 0 unspecified atom stereocenters. The number of imidazole rings is 1. The lowest BCUT2D eigenvalue weighted by Gasteiger charge is -2.13. The molecule has 4 rings (SSSR count). The van der Waals surface area contributed by atoms with Crippen molar-refractivity contribution in [3.8, 4) is 22.5 Å². The number of nitrogens with one attached hydrogen (secondary N) is 1. The number of hydrogen-bond acceptors (Lipinski definition) is 4. The highest BCUT2D eigenvalue weighted by molar-refractivity contribution is 5.80. The molecule has 0 amide bonds. The first-order valence-corrected chi connectivity index (χ1v) is 12.2. The normalized spacial score (nSPS) is 11.8. The Kier molecular flexibility index (Phi) is 7.71. The second kappa shape index (κ2) is 10.9. The largest absolute Gasteiger partial charge is 0.433 e. The number of halogens is 3. The fourth-order valence-electron chi connectivity index (χ4n) is 4.52. The van der Waals surface area contributed by atoms with Crippen LogP contribution < -0.4 is 5.69 Å². The molecule has 0 atom stereocenters. The van der Waals surface area contributed by atoms with E-state index >= 15 is 0 Å². The molecule has 7 nitrogen and oxygen atoms in total. The number of aromatic amines is 1. The maximum Gasteiger partial charge on any atom is 0.433 e. The van der Waals surface area contributed by atoms with Gasteiger partial charge in [-0.05, 0) is 40.0 Å². The molecular formula is C26H29F3N6O. The van der Waals surface area contributed by atoms with Gasteiger partial charge in [0.2, 0.25) is 0 Å². The molecule has 2 aromatic carbocycles. The van der Waals surface area contributed by atoms with Gasteiger partial charge < -0.3 is 0 Å². The van der Waals surface area contributed by atoms with Crippen molar-refractivity contribution in [3.05, 3.63) is 76.0 Å². The second-order valence-electron chi connectivity index (χ2n) is 8.76. The van der Waals surface area contributed by atoms with Crippen LogP contribution in [0.3, 0.4) is 0 Å². The van der Waals surface area contributed by atoms with E-state index in [-0.39, 0.29) is 25.2 Å². The summed E-state index contributed by atoms with van der Waals surface area (Å²) < 4.78 is 44.5. The van der Waals surface area contributed by atoms with Crippen molar-refractivity contribution in [3.63, 3.8) is 0 Å². The van der Waals surface area contributed by atoms with Crippen LogP contribution in [0.15, 0.2) is 53.3 Å². The van der Waals surface area contributed by atoms with Gasteiger partial charge in [-0.2, -0.15) is 13.2 Å². The number of hydrogen-bond donors (Lipinski definition) is 1. The Labute approximate surface area is 207 Å². The van der Waals surface area contributed by atoms with Crippen molar-refractivity contribution >= 4 is 0 Å². The number of unbranched alkanes of at least 4 members (excludes halogenated alkanes) is 2. The summed E-state index contributed by atoms with van der Waals surface area (Å²) in [5, 5.41) is 14.0. The van der Waals surface area contributed by atoms with Crippen molar-refractivity contribution < 1.29 is 13.2 Å². The number of aromatic nitrogens is 6. The Balaban J connectivity index is 1.69.